The molecule has 0 spiro atoms. The van der Waals surface area contributed by atoms with Crippen molar-refractivity contribution < 1.29 is 5.11 Å². The molecule has 24 heavy (non-hydrogen) atoms. The molecule has 6 heteroatoms. The lowest BCUT2D eigenvalue weighted by molar-refractivity contribution is 0.188. The number of hydrogen-bond acceptors (Lipinski definition) is 6. The van der Waals surface area contributed by atoms with Gasteiger partial charge in [0.1, 0.15) is 5.82 Å². The highest BCUT2D eigenvalue weighted by molar-refractivity contribution is 5.80. The topological polar surface area (TPSA) is 78.5 Å². The predicted molar refractivity (Wildman–Crippen MR) is 95.6 cm³/mol. The zero-order valence-corrected chi connectivity index (χ0v) is 13.5. The summed E-state index contributed by atoms with van der Waals surface area (Å²) in [5.41, 5.74) is 9.12. The molecule has 1 saturated heterocycles. The zero-order valence-electron chi connectivity index (χ0n) is 13.5. The molecule has 1 fully saturated rings. The van der Waals surface area contributed by atoms with Crippen molar-refractivity contribution in [2.45, 2.75) is 0 Å². The van der Waals surface area contributed by atoms with E-state index in [4.69, 9.17) is 17.3 Å². The summed E-state index contributed by atoms with van der Waals surface area (Å²) < 4.78 is 0. The lowest BCUT2D eigenvalue weighted by Gasteiger charge is -2.35. The highest BCUT2D eigenvalue weighted by Crippen LogP contribution is 2.32. The summed E-state index contributed by atoms with van der Waals surface area (Å²) in [5.74, 6) is 3.55. The van der Waals surface area contributed by atoms with Gasteiger partial charge in [0.2, 0.25) is 5.95 Å². The molecule has 0 unspecified atom stereocenters. The molecule has 0 amide bonds. The number of benzene rings is 1. The molecule has 0 radical (unpaired) electrons. The van der Waals surface area contributed by atoms with Crippen LogP contribution in [0.4, 0.5) is 11.8 Å². The number of nitrogens with two attached hydrogens (primary N) is 1. The average Bonchev–Trinajstić information content (AvgIpc) is 3.21. The minimum Gasteiger partial charge on any atom is -0.395 e. The van der Waals surface area contributed by atoms with Gasteiger partial charge in [0.15, 0.2) is 0 Å². The molecule has 2 aliphatic carbocycles. The maximum absolute atomic E-state index is 8.90. The summed E-state index contributed by atoms with van der Waals surface area (Å²) in [6.07, 6.45) is 7.02. The Morgan fingerprint density at radius 1 is 1.21 bits per heavy atom. The molecule has 0 aromatic carbocycles. The average molecular weight is 323 g/mol. The Kier molecular flexibility index (Phi) is 4.94. The van der Waals surface area contributed by atoms with Gasteiger partial charge in [-0.25, -0.2) is 4.98 Å². The number of anilines is 2. The first-order valence-electron chi connectivity index (χ1n) is 7.99. The molecule has 0 bridgehead atoms. The summed E-state index contributed by atoms with van der Waals surface area (Å²) in [5, 5.41) is 8.90. The number of aliphatic hydroxyl groups excluding tert-OH is 1. The van der Waals surface area contributed by atoms with E-state index in [0.717, 1.165) is 32.0 Å². The number of piperazine rings is 1. The lowest BCUT2D eigenvalue weighted by atomic mass is 10.2. The number of rotatable bonds is 3. The quantitative estimate of drug-likeness (QED) is 0.695. The van der Waals surface area contributed by atoms with Crippen LogP contribution in [0.25, 0.3) is 11.1 Å². The third-order valence-electron chi connectivity index (χ3n) is 4.14. The molecule has 2 heterocycles. The van der Waals surface area contributed by atoms with Gasteiger partial charge in [-0.1, -0.05) is 24.1 Å². The van der Waals surface area contributed by atoms with Crippen LogP contribution in [-0.4, -0.2) is 59.3 Å². The van der Waals surface area contributed by atoms with Gasteiger partial charge in [0.25, 0.3) is 0 Å². The van der Waals surface area contributed by atoms with Gasteiger partial charge in [0, 0.05) is 32.7 Å². The second-order valence-corrected chi connectivity index (χ2v) is 5.74. The van der Waals surface area contributed by atoms with Gasteiger partial charge < -0.3 is 15.7 Å². The number of fused-ring (bicyclic) bond motifs is 1. The number of aliphatic hydroxyl groups is 1. The highest BCUT2D eigenvalue weighted by Gasteiger charge is 2.20. The molecule has 124 valence electrons. The minimum absolute atomic E-state index is 0.191. The van der Waals surface area contributed by atoms with Crippen LogP contribution in [0.1, 0.15) is 5.56 Å². The van der Waals surface area contributed by atoms with Gasteiger partial charge in [-0.05, 0) is 17.2 Å². The Morgan fingerprint density at radius 2 is 1.92 bits per heavy atom. The molecule has 1 aromatic rings. The van der Waals surface area contributed by atoms with Crippen molar-refractivity contribution in [2.24, 2.45) is 0 Å². The summed E-state index contributed by atoms with van der Waals surface area (Å²) in [6.45, 7) is 4.32. The second-order valence-electron chi connectivity index (χ2n) is 5.74. The largest absolute Gasteiger partial charge is 0.395 e. The molecule has 1 aromatic heterocycles. The van der Waals surface area contributed by atoms with Crippen LogP contribution in [0, 0.1) is 12.3 Å². The maximum atomic E-state index is 8.90. The zero-order chi connectivity index (χ0) is 16.9. The molecule has 1 aliphatic heterocycles. The van der Waals surface area contributed by atoms with E-state index in [9.17, 15) is 0 Å². The fourth-order valence-electron chi connectivity index (χ4n) is 2.73. The second kappa shape index (κ2) is 7.30. The summed E-state index contributed by atoms with van der Waals surface area (Å²) in [6, 6.07) is 8.48. The van der Waals surface area contributed by atoms with E-state index in [1.807, 2.05) is 0 Å². The van der Waals surface area contributed by atoms with E-state index in [1.54, 1.807) is 6.20 Å². The number of hydrogen-bond donors (Lipinski definition) is 2. The van der Waals surface area contributed by atoms with E-state index < -0.39 is 0 Å². The summed E-state index contributed by atoms with van der Waals surface area (Å²) >= 11 is 0. The number of aromatic nitrogens is 2. The standard InChI is InChI=1S/C12H17N5O.C6H4/c1-2-10-9-14-12(13)15-11(10)17-5-3-16(4-6-17)7-8-18;1-2-5-4-6(5)3-1/h1,9,18H,3-8H2,(H2,13,14,15);1-4H. The molecule has 6 nitrogen and oxygen atoms in total. The van der Waals surface area contributed by atoms with Crippen LogP contribution < -0.4 is 10.6 Å². The third kappa shape index (κ3) is 3.82. The van der Waals surface area contributed by atoms with E-state index >= 15 is 0 Å². The van der Waals surface area contributed by atoms with Crippen molar-refractivity contribution in [3.05, 3.63) is 36.0 Å². The van der Waals surface area contributed by atoms with E-state index in [0.29, 0.717) is 12.1 Å². The third-order valence-corrected chi connectivity index (χ3v) is 4.14. The van der Waals surface area contributed by atoms with Crippen molar-refractivity contribution >= 4 is 11.8 Å². The van der Waals surface area contributed by atoms with Crippen LogP contribution in [-0.2, 0) is 0 Å². The number of terminal acetylenes is 1. The lowest BCUT2D eigenvalue weighted by Crippen LogP contribution is -2.47. The van der Waals surface area contributed by atoms with Gasteiger partial charge >= 0.3 is 0 Å². The van der Waals surface area contributed by atoms with Crippen molar-refractivity contribution in [3.63, 3.8) is 0 Å². The number of nitrogen functional groups attached to an aromatic ring is 1. The molecular weight excluding hydrogens is 302 g/mol. The molecule has 3 aliphatic rings. The van der Waals surface area contributed by atoms with Gasteiger partial charge in [-0.2, -0.15) is 4.98 Å². The van der Waals surface area contributed by atoms with Gasteiger partial charge in [-0.3, -0.25) is 4.90 Å². The van der Waals surface area contributed by atoms with Crippen LogP contribution >= 0.6 is 0 Å². The first-order valence-corrected chi connectivity index (χ1v) is 7.99. The SMILES string of the molecule is C#Cc1cnc(N)nc1N1CCN(CCO)CC1.c1cc2cc-2c1. The fraction of sp³-hybridized carbons (Fsp3) is 0.333. The van der Waals surface area contributed by atoms with Gasteiger partial charge in [0.05, 0.1) is 18.4 Å². The Hall–Kier alpha value is -2.62. The predicted octanol–water partition coefficient (Wildman–Crippen LogP) is 0.821. The summed E-state index contributed by atoms with van der Waals surface area (Å²) in [7, 11) is 0. The van der Waals surface area contributed by atoms with Crippen molar-refractivity contribution in [1.29, 1.82) is 0 Å². The van der Waals surface area contributed by atoms with E-state index in [1.165, 1.54) is 11.1 Å². The van der Waals surface area contributed by atoms with Crippen LogP contribution in [0.5, 0.6) is 0 Å². The normalized spacial score (nSPS) is 15.2. The molecule has 0 atom stereocenters. The fourth-order valence-corrected chi connectivity index (χ4v) is 2.73. The first-order chi connectivity index (χ1) is 11.7. The Bertz CT molecular complexity index is 730. The molecule has 0 saturated carbocycles. The Labute approximate surface area is 141 Å². The van der Waals surface area contributed by atoms with E-state index in [2.05, 4.69) is 50.0 Å². The van der Waals surface area contributed by atoms with Crippen LogP contribution in [0.3, 0.4) is 0 Å². The maximum Gasteiger partial charge on any atom is 0.222 e. The Balaban J connectivity index is 0.000000231. The number of β-amino-alcohol motifs (C(OH)–C–C–N with tert-alkyl or cyclic N) is 1. The molecule has 3 N–H and O–H groups in total. The smallest absolute Gasteiger partial charge is 0.222 e. The van der Waals surface area contributed by atoms with Crippen molar-refractivity contribution in [2.75, 3.05) is 50.0 Å². The summed E-state index contributed by atoms with van der Waals surface area (Å²) in [4.78, 5) is 12.4. The molecule has 4 rings (SSSR count). The minimum atomic E-state index is 0.191. The van der Waals surface area contributed by atoms with Crippen molar-refractivity contribution in [3.8, 4) is 23.5 Å². The number of nitrogens with zero attached hydrogens (tertiary/aromatic N) is 4. The monoisotopic (exact) mass is 323 g/mol. The highest BCUT2D eigenvalue weighted by atomic mass is 16.3. The van der Waals surface area contributed by atoms with Crippen LogP contribution in [0.2, 0.25) is 0 Å². The van der Waals surface area contributed by atoms with Gasteiger partial charge in [-0.15, -0.1) is 6.42 Å². The van der Waals surface area contributed by atoms with E-state index in [-0.39, 0.29) is 12.6 Å². The molecular formula is C18H21N5O. The van der Waals surface area contributed by atoms with Crippen molar-refractivity contribution in [1.82, 2.24) is 14.9 Å². The van der Waals surface area contributed by atoms with Crippen LogP contribution in [0.15, 0.2) is 30.5 Å². The Morgan fingerprint density at radius 3 is 2.42 bits per heavy atom. The first kappa shape index (κ1) is 16.2.